The first-order valence-corrected chi connectivity index (χ1v) is 14.5. The van der Waals surface area contributed by atoms with E-state index in [-0.39, 0.29) is 29.7 Å². The number of hydrogen-bond donors (Lipinski definition) is 0. The van der Waals surface area contributed by atoms with Gasteiger partial charge in [0.1, 0.15) is 5.82 Å². The summed E-state index contributed by atoms with van der Waals surface area (Å²) in [7, 11) is 0. The molecule has 3 heterocycles. The molecular weight excluding hydrogens is 473 g/mol. The van der Waals surface area contributed by atoms with E-state index in [4.69, 9.17) is 0 Å². The molecule has 0 spiro atoms. The Morgan fingerprint density at radius 2 is 1.83 bits per heavy atom. The first-order chi connectivity index (χ1) is 17.5. The summed E-state index contributed by atoms with van der Waals surface area (Å²) in [6.07, 6.45) is 8.56. The summed E-state index contributed by atoms with van der Waals surface area (Å²) in [4.78, 5) is 33.6. The van der Waals surface area contributed by atoms with Crippen LogP contribution in [0.2, 0.25) is 0 Å². The van der Waals surface area contributed by atoms with Crippen LogP contribution in [0.15, 0.2) is 35.7 Å². The molecule has 2 amide bonds. The summed E-state index contributed by atoms with van der Waals surface area (Å²) in [5.74, 6) is 0.0546. The van der Waals surface area contributed by atoms with Crippen molar-refractivity contribution in [2.24, 2.45) is 0 Å². The predicted molar refractivity (Wildman–Crippen MR) is 144 cm³/mol. The molecule has 1 fully saturated rings. The molecule has 36 heavy (non-hydrogen) atoms. The van der Waals surface area contributed by atoms with Crippen LogP contribution in [0.25, 0.3) is 0 Å². The minimum Gasteiger partial charge on any atom is -0.338 e. The van der Waals surface area contributed by atoms with Gasteiger partial charge < -0.3 is 9.80 Å². The number of rotatable bonds is 10. The zero-order valence-corrected chi connectivity index (χ0v) is 22.6. The van der Waals surface area contributed by atoms with Gasteiger partial charge in [0.05, 0.1) is 12.6 Å². The first-order valence-electron chi connectivity index (χ1n) is 13.6. The van der Waals surface area contributed by atoms with Crippen molar-refractivity contribution in [3.63, 3.8) is 0 Å². The van der Waals surface area contributed by atoms with Gasteiger partial charge in [-0.2, -0.15) is 0 Å². The summed E-state index contributed by atoms with van der Waals surface area (Å²) in [6, 6.07) is 8.78. The maximum absolute atomic E-state index is 14.1. The molecule has 0 unspecified atom stereocenters. The average Bonchev–Trinajstić information content (AvgIpc) is 3.34. The third-order valence-corrected chi connectivity index (χ3v) is 8.61. The lowest BCUT2D eigenvalue weighted by molar-refractivity contribution is -0.143. The highest BCUT2D eigenvalue weighted by Gasteiger charge is 2.34. The SMILES string of the molecule is CCCCCCCCC(=O)N1CCN(C(=O)CN2CCc3sccc3[C@H]2c2cccc(F)c2)C[C@@H]1C. The number of carbonyl (C=O) groups excluding carboxylic acids is 2. The van der Waals surface area contributed by atoms with E-state index in [1.54, 1.807) is 23.5 Å². The number of benzene rings is 1. The Morgan fingerprint density at radius 1 is 1.03 bits per heavy atom. The fourth-order valence-electron chi connectivity index (χ4n) is 5.63. The highest BCUT2D eigenvalue weighted by molar-refractivity contribution is 7.10. The van der Waals surface area contributed by atoms with Crippen molar-refractivity contribution in [2.45, 2.75) is 77.3 Å². The summed E-state index contributed by atoms with van der Waals surface area (Å²) in [6.45, 7) is 7.08. The van der Waals surface area contributed by atoms with Crippen LogP contribution in [0.3, 0.4) is 0 Å². The number of amides is 2. The van der Waals surface area contributed by atoms with Gasteiger partial charge in [0, 0.05) is 43.5 Å². The van der Waals surface area contributed by atoms with Gasteiger partial charge in [-0.25, -0.2) is 4.39 Å². The van der Waals surface area contributed by atoms with Gasteiger partial charge in [0.2, 0.25) is 11.8 Å². The average molecular weight is 514 g/mol. The molecule has 1 saturated heterocycles. The van der Waals surface area contributed by atoms with E-state index in [2.05, 4.69) is 23.3 Å². The highest BCUT2D eigenvalue weighted by Crippen LogP contribution is 2.37. The molecule has 7 heteroatoms. The maximum Gasteiger partial charge on any atom is 0.236 e. The van der Waals surface area contributed by atoms with Crippen LogP contribution < -0.4 is 0 Å². The Bertz CT molecular complexity index is 1030. The second-order valence-electron chi connectivity index (χ2n) is 10.3. The lowest BCUT2D eigenvalue weighted by Gasteiger charge is -2.42. The van der Waals surface area contributed by atoms with Gasteiger partial charge in [-0.05, 0) is 54.5 Å². The van der Waals surface area contributed by atoms with E-state index < -0.39 is 0 Å². The molecule has 2 aliphatic rings. The van der Waals surface area contributed by atoms with Gasteiger partial charge in [-0.1, -0.05) is 51.2 Å². The van der Waals surface area contributed by atoms with Crippen molar-refractivity contribution in [3.05, 3.63) is 57.5 Å². The summed E-state index contributed by atoms with van der Waals surface area (Å²) < 4.78 is 14.1. The Labute approximate surface area is 219 Å². The van der Waals surface area contributed by atoms with Crippen LogP contribution in [0, 0.1) is 5.82 Å². The number of hydrogen-bond acceptors (Lipinski definition) is 4. The van der Waals surface area contributed by atoms with Gasteiger partial charge in [0.25, 0.3) is 0 Å². The minimum absolute atomic E-state index is 0.0270. The Kier molecular flexibility index (Phi) is 9.54. The second-order valence-corrected chi connectivity index (χ2v) is 11.3. The van der Waals surface area contributed by atoms with Crippen LogP contribution in [0.5, 0.6) is 0 Å². The van der Waals surface area contributed by atoms with E-state index >= 15 is 0 Å². The highest BCUT2D eigenvalue weighted by atomic mass is 32.1. The normalized spacial score (nSPS) is 20.4. The number of carbonyl (C=O) groups is 2. The van der Waals surface area contributed by atoms with E-state index in [1.807, 2.05) is 22.8 Å². The Hall–Kier alpha value is -2.25. The molecule has 1 aromatic heterocycles. The zero-order valence-electron chi connectivity index (χ0n) is 21.8. The quantitative estimate of drug-likeness (QED) is 0.386. The smallest absolute Gasteiger partial charge is 0.236 e. The summed E-state index contributed by atoms with van der Waals surface area (Å²) >= 11 is 1.74. The Morgan fingerprint density at radius 3 is 2.61 bits per heavy atom. The van der Waals surface area contributed by atoms with Gasteiger partial charge in [-0.3, -0.25) is 14.5 Å². The molecule has 0 aliphatic carbocycles. The van der Waals surface area contributed by atoms with Crippen LogP contribution >= 0.6 is 11.3 Å². The topological polar surface area (TPSA) is 43.9 Å². The molecular formula is C29H40FN3O2S. The van der Waals surface area contributed by atoms with E-state index in [0.717, 1.165) is 31.4 Å². The third kappa shape index (κ3) is 6.54. The molecule has 2 atom stereocenters. The Balaban J connectivity index is 1.33. The van der Waals surface area contributed by atoms with Crippen molar-refractivity contribution in [1.82, 2.24) is 14.7 Å². The number of nitrogens with zero attached hydrogens (tertiary/aromatic N) is 3. The van der Waals surface area contributed by atoms with Crippen LogP contribution in [-0.4, -0.2) is 65.3 Å². The van der Waals surface area contributed by atoms with Crippen molar-refractivity contribution in [1.29, 1.82) is 0 Å². The van der Waals surface area contributed by atoms with Crippen LogP contribution in [0.4, 0.5) is 4.39 Å². The minimum atomic E-state index is -0.253. The van der Waals surface area contributed by atoms with Crippen LogP contribution in [0.1, 0.15) is 80.8 Å². The molecule has 0 bridgehead atoms. The van der Waals surface area contributed by atoms with E-state index in [0.29, 0.717) is 32.6 Å². The number of halogens is 1. The molecule has 0 N–H and O–H groups in total. The third-order valence-electron chi connectivity index (χ3n) is 7.61. The molecule has 5 nitrogen and oxygen atoms in total. The molecule has 2 aromatic rings. The van der Waals surface area contributed by atoms with Crippen LogP contribution in [-0.2, 0) is 16.0 Å². The molecule has 196 valence electrons. The molecule has 0 radical (unpaired) electrons. The van der Waals surface area contributed by atoms with Crippen molar-refractivity contribution in [3.8, 4) is 0 Å². The molecule has 0 saturated carbocycles. The molecule has 2 aliphatic heterocycles. The van der Waals surface area contributed by atoms with Gasteiger partial charge in [-0.15, -0.1) is 11.3 Å². The lowest BCUT2D eigenvalue weighted by Crippen LogP contribution is -2.57. The van der Waals surface area contributed by atoms with E-state index in [9.17, 15) is 14.0 Å². The second kappa shape index (κ2) is 12.8. The fraction of sp³-hybridized carbons (Fsp3) is 0.586. The maximum atomic E-state index is 14.1. The fourth-order valence-corrected chi connectivity index (χ4v) is 6.54. The van der Waals surface area contributed by atoms with Crippen molar-refractivity contribution < 1.29 is 14.0 Å². The van der Waals surface area contributed by atoms with Crippen molar-refractivity contribution in [2.75, 3.05) is 32.7 Å². The predicted octanol–water partition coefficient (Wildman–Crippen LogP) is 5.64. The number of fused-ring (bicyclic) bond motifs is 1. The van der Waals surface area contributed by atoms with Crippen molar-refractivity contribution >= 4 is 23.2 Å². The zero-order chi connectivity index (χ0) is 25.5. The number of unbranched alkanes of at least 4 members (excludes halogenated alkanes) is 5. The largest absolute Gasteiger partial charge is 0.338 e. The lowest BCUT2D eigenvalue weighted by atomic mass is 9.93. The number of piperazine rings is 1. The molecule has 4 rings (SSSR count). The molecule has 1 aromatic carbocycles. The van der Waals surface area contributed by atoms with E-state index in [1.165, 1.54) is 42.2 Å². The standard InChI is InChI=1S/C29H40FN3O2S/c1-3-4-5-6-7-8-12-27(34)33-17-16-31(20-22(33)2)28(35)21-32-15-13-26-25(14-18-36-26)29(32)23-10-9-11-24(30)19-23/h9-11,14,18-19,22,29H,3-8,12-13,15-17,20-21H2,1-2H3/t22-,29+/m0/s1. The first kappa shape index (κ1) is 26.8. The summed E-state index contributed by atoms with van der Waals surface area (Å²) in [5.41, 5.74) is 2.07. The number of thiophene rings is 1. The monoisotopic (exact) mass is 513 g/mol. The van der Waals surface area contributed by atoms with Gasteiger partial charge in [0.15, 0.2) is 0 Å². The van der Waals surface area contributed by atoms with Gasteiger partial charge >= 0.3 is 0 Å². The summed E-state index contributed by atoms with van der Waals surface area (Å²) in [5, 5.41) is 2.09.